The first-order valence-corrected chi connectivity index (χ1v) is 9.54. The average Bonchev–Trinajstić information content (AvgIpc) is 3.18. The van der Waals surface area contributed by atoms with Gasteiger partial charge in [-0.15, -0.1) is 0 Å². The fourth-order valence-corrected chi connectivity index (χ4v) is 4.06. The minimum Gasteiger partial charge on any atom is -0.355 e. The van der Waals surface area contributed by atoms with E-state index in [0.29, 0.717) is 5.92 Å². The molecule has 0 saturated carbocycles. The molecule has 0 spiro atoms. The lowest BCUT2D eigenvalue weighted by Gasteiger charge is -2.17. The van der Waals surface area contributed by atoms with Gasteiger partial charge in [0.25, 0.3) is 0 Å². The summed E-state index contributed by atoms with van der Waals surface area (Å²) in [7, 11) is 0. The summed E-state index contributed by atoms with van der Waals surface area (Å²) in [5, 5.41) is 10.6. The molecule has 0 radical (unpaired) electrons. The predicted molar refractivity (Wildman–Crippen MR) is 110 cm³/mol. The fraction of sp³-hybridized carbons (Fsp3) is 0.130. The first-order chi connectivity index (χ1) is 12.2. The van der Waals surface area contributed by atoms with Gasteiger partial charge in [-0.25, -0.2) is 0 Å². The molecule has 1 unspecified atom stereocenters. The van der Waals surface area contributed by atoms with Gasteiger partial charge in [-0.2, -0.15) is 11.3 Å². The molecule has 3 aromatic carbocycles. The number of rotatable bonds is 4. The van der Waals surface area contributed by atoms with E-state index in [1.165, 1.54) is 27.5 Å². The molecule has 25 heavy (non-hydrogen) atoms. The molecular weight excluding hydrogens is 322 g/mol. The Kier molecular flexibility index (Phi) is 4.29. The summed E-state index contributed by atoms with van der Waals surface area (Å²) in [5.74, 6) is 0.393. The lowest BCUT2D eigenvalue weighted by atomic mass is 9.90. The predicted octanol–water partition coefficient (Wildman–Crippen LogP) is 7.11. The lowest BCUT2D eigenvalue weighted by molar-refractivity contribution is 0.940. The molecular formula is C23H21NS. The van der Waals surface area contributed by atoms with Gasteiger partial charge in [-0.05, 0) is 58.5 Å². The molecule has 0 aliphatic rings. The summed E-state index contributed by atoms with van der Waals surface area (Å²) in [6, 6.07) is 23.9. The van der Waals surface area contributed by atoms with E-state index in [0.717, 1.165) is 11.4 Å². The van der Waals surface area contributed by atoms with Crippen LogP contribution >= 0.6 is 11.3 Å². The summed E-state index contributed by atoms with van der Waals surface area (Å²) in [6.45, 7) is 4.40. The van der Waals surface area contributed by atoms with Crippen molar-refractivity contribution in [2.24, 2.45) is 0 Å². The molecule has 0 saturated heterocycles. The molecule has 4 aromatic rings. The zero-order chi connectivity index (χ0) is 17.2. The van der Waals surface area contributed by atoms with Crippen LogP contribution in [0.3, 0.4) is 0 Å². The summed E-state index contributed by atoms with van der Waals surface area (Å²) in [6.07, 6.45) is 0. The maximum absolute atomic E-state index is 3.58. The molecule has 0 aliphatic heterocycles. The van der Waals surface area contributed by atoms with Gasteiger partial charge in [0, 0.05) is 22.7 Å². The molecule has 1 nitrogen and oxygen atoms in total. The van der Waals surface area contributed by atoms with E-state index in [4.69, 9.17) is 0 Å². The molecule has 0 fully saturated rings. The zero-order valence-corrected chi connectivity index (χ0v) is 15.3. The SMILES string of the molecule is Cc1ccc(Nc2ccc(C(C)c3ccsc3)c3ccccc23)cc1. The zero-order valence-electron chi connectivity index (χ0n) is 14.5. The number of hydrogen-bond acceptors (Lipinski definition) is 2. The fourth-order valence-electron chi connectivity index (χ4n) is 3.30. The topological polar surface area (TPSA) is 12.0 Å². The standard InChI is InChI=1S/C23H21NS/c1-16-7-9-19(10-8-16)24-23-12-11-20(17(2)18-13-14-25-15-18)21-5-3-4-6-22(21)23/h3-15,17,24H,1-2H3. The Hall–Kier alpha value is -2.58. The third-order valence-electron chi connectivity index (χ3n) is 4.80. The normalized spacial score (nSPS) is 12.2. The molecule has 124 valence electrons. The second-order valence-electron chi connectivity index (χ2n) is 6.52. The van der Waals surface area contributed by atoms with Crippen LogP contribution in [0.4, 0.5) is 11.4 Å². The van der Waals surface area contributed by atoms with Crippen LogP contribution in [0.15, 0.2) is 77.5 Å². The summed E-state index contributed by atoms with van der Waals surface area (Å²) >= 11 is 1.76. The molecule has 1 heterocycles. The molecule has 1 aromatic heterocycles. The minimum absolute atomic E-state index is 0.393. The van der Waals surface area contributed by atoms with Crippen LogP contribution in [0.1, 0.15) is 29.5 Å². The van der Waals surface area contributed by atoms with Gasteiger partial charge in [0.15, 0.2) is 0 Å². The van der Waals surface area contributed by atoms with E-state index in [9.17, 15) is 0 Å². The van der Waals surface area contributed by atoms with E-state index in [-0.39, 0.29) is 0 Å². The molecule has 0 amide bonds. The van der Waals surface area contributed by atoms with Gasteiger partial charge in [0.05, 0.1) is 0 Å². The van der Waals surface area contributed by atoms with Gasteiger partial charge in [0.2, 0.25) is 0 Å². The minimum atomic E-state index is 0.393. The van der Waals surface area contributed by atoms with Gasteiger partial charge >= 0.3 is 0 Å². The molecule has 0 bridgehead atoms. The van der Waals surface area contributed by atoms with E-state index in [1.807, 2.05) is 0 Å². The van der Waals surface area contributed by atoms with Crippen molar-refractivity contribution in [2.75, 3.05) is 5.32 Å². The van der Waals surface area contributed by atoms with Crippen molar-refractivity contribution < 1.29 is 0 Å². The van der Waals surface area contributed by atoms with Crippen LogP contribution in [-0.4, -0.2) is 0 Å². The third kappa shape index (κ3) is 3.18. The number of benzene rings is 3. The maximum Gasteiger partial charge on any atom is 0.0464 e. The first kappa shape index (κ1) is 15.9. The Balaban J connectivity index is 1.77. The van der Waals surface area contributed by atoms with E-state index < -0.39 is 0 Å². The highest BCUT2D eigenvalue weighted by molar-refractivity contribution is 7.08. The third-order valence-corrected chi connectivity index (χ3v) is 5.50. The maximum atomic E-state index is 3.58. The summed E-state index contributed by atoms with van der Waals surface area (Å²) < 4.78 is 0. The van der Waals surface area contributed by atoms with Gasteiger partial charge in [-0.1, -0.05) is 55.0 Å². The van der Waals surface area contributed by atoms with Crippen molar-refractivity contribution in [1.82, 2.24) is 0 Å². The number of fused-ring (bicyclic) bond motifs is 1. The number of hydrogen-bond donors (Lipinski definition) is 1. The van der Waals surface area contributed by atoms with Crippen LogP contribution in [0, 0.1) is 6.92 Å². The van der Waals surface area contributed by atoms with Gasteiger partial charge < -0.3 is 5.32 Å². The van der Waals surface area contributed by atoms with Crippen LogP contribution in [-0.2, 0) is 0 Å². The average molecular weight is 343 g/mol. The Bertz CT molecular complexity index is 984. The molecule has 4 rings (SSSR count). The van der Waals surface area contributed by atoms with Crippen molar-refractivity contribution in [2.45, 2.75) is 19.8 Å². The van der Waals surface area contributed by atoms with E-state index in [2.05, 4.69) is 96.7 Å². The molecule has 1 atom stereocenters. The Morgan fingerprint density at radius 2 is 1.60 bits per heavy atom. The van der Waals surface area contributed by atoms with Crippen LogP contribution in [0.25, 0.3) is 10.8 Å². The molecule has 0 aliphatic carbocycles. The van der Waals surface area contributed by atoms with E-state index in [1.54, 1.807) is 11.3 Å². The second-order valence-corrected chi connectivity index (χ2v) is 7.30. The van der Waals surface area contributed by atoms with Crippen molar-refractivity contribution in [3.63, 3.8) is 0 Å². The first-order valence-electron chi connectivity index (χ1n) is 8.60. The highest BCUT2D eigenvalue weighted by Crippen LogP contribution is 2.35. The highest BCUT2D eigenvalue weighted by Gasteiger charge is 2.14. The number of thiophene rings is 1. The number of nitrogens with one attached hydrogen (secondary N) is 1. The van der Waals surface area contributed by atoms with Gasteiger partial charge in [0.1, 0.15) is 0 Å². The quantitative estimate of drug-likeness (QED) is 0.416. The van der Waals surface area contributed by atoms with Crippen molar-refractivity contribution in [3.8, 4) is 0 Å². The molecule has 1 N–H and O–H groups in total. The van der Waals surface area contributed by atoms with E-state index >= 15 is 0 Å². The summed E-state index contributed by atoms with van der Waals surface area (Å²) in [5.41, 5.74) is 6.31. The number of aryl methyl sites for hydroxylation is 1. The second kappa shape index (κ2) is 6.73. The van der Waals surface area contributed by atoms with Crippen molar-refractivity contribution in [1.29, 1.82) is 0 Å². The van der Waals surface area contributed by atoms with Crippen LogP contribution in [0.5, 0.6) is 0 Å². The Morgan fingerprint density at radius 3 is 2.32 bits per heavy atom. The number of anilines is 2. The highest BCUT2D eigenvalue weighted by atomic mass is 32.1. The Labute approximate surface area is 153 Å². The lowest BCUT2D eigenvalue weighted by Crippen LogP contribution is -1.98. The summed E-state index contributed by atoms with van der Waals surface area (Å²) in [4.78, 5) is 0. The van der Waals surface area contributed by atoms with Crippen LogP contribution in [0.2, 0.25) is 0 Å². The van der Waals surface area contributed by atoms with Crippen molar-refractivity contribution in [3.05, 3.63) is 94.2 Å². The largest absolute Gasteiger partial charge is 0.355 e. The Morgan fingerprint density at radius 1 is 0.840 bits per heavy atom. The van der Waals surface area contributed by atoms with Gasteiger partial charge in [-0.3, -0.25) is 0 Å². The van der Waals surface area contributed by atoms with Crippen molar-refractivity contribution >= 4 is 33.5 Å². The van der Waals surface area contributed by atoms with Crippen LogP contribution < -0.4 is 5.32 Å². The smallest absolute Gasteiger partial charge is 0.0464 e. The monoisotopic (exact) mass is 343 g/mol. The molecule has 2 heteroatoms.